The van der Waals surface area contributed by atoms with Crippen molar-refractivity contribution in [2.75, 3.05) is 5.75 Å². The molecule has 0 atom stereocenters. The standard InChI is InChI=1S/C12H12ClF3N4O2S/c1-3-23(21,22)8-6-18-19-10(8)11-17-5-7(20(11)2)4-9(13)12(14,15)16/h4-6H,3H2,1-2H3,(H,18,19)/b9-4-. The number of aromatic amines is 1. The van der Waals surface area contributed by atoms with Gasteiger partial charge in [0.15, 0.2) is 15.7 Å². The fourth-order valence-electron chi connectivity index (χ4n) is 1.83. The summed E-state index contributed by atoms with van der Waals surface area (Å²) in [5.41, 5.74) is 0.175. The summed E-state index contributed by atoms with van der Waals surface area (Å²) in [5.74, 6) is -0.0104. The highest BCUT2D eigenvalue weighted by Crippen LogP contribution is 2.31. The third-order valence-electron chi connectivity index (χ3n) is 3.11. The molecule has 2 aromatic heterocycles. The summed E-state index contributed by atoms with van der Waals surface area (Å²) < 4.78 is 62.8. The van der Waals surface area contributed by atoms with E-state index in [1.807, 2.05) is 0 Å². The number of halogens is 4. The van der Waals surface area contributed by atoms with Crippen molar-refractivity contribution in [3.05, 3.63) is 23.1 Å². The normalized spacial score (nSPS) is 13.6. The fourth-order valence-corrected chi connectivity index (χ4v) is 2.91. The van der Waals surface area contributed by atoms with Gasteiger partial charge in [0.05, 0.1) is 23.8 Å². The molecule has 0 unspecified atom stereocenters. The van der Waals surface area contributed by atoms with Crippen molar-refractivity contribution in [1.29, 1.82) is 0 Å². The van der Waals surface area contributed by atoms with E-state index in [9.17, 15) is 21.6 Å². The summed E-state index contributed by atoms with van der Waals surface area (Å²) in [5, 5.41) is 4.89. The number of sulfone groups is 1. The molecule has 0 aliphatic heterocycles. The van der Waals surface area contributed by atoms with Gasteiger partial charge in [0.1, 0.15) is 15.6 Å². The Morgan fingerprint density at radius 1 is 1.43 bits per heavy atom. The highest BCUT2D eigenvalue weighted by Gasteiger charge is 2.32. The van der Waals surface area contributed by atoms with Gasteiger partial charge in [0.25, 0.3) is 0 Å². The Balaban J connectivity index is 2.52. The number of nitrogens with zero attached hydrogens (tertiary/aromatic N) is 3. The van der Waals surface area contributed by atoms with Crippen molar-refractivity contribution >= 4 is 27.5 Å². The SMILES string of the molecule is CCS(=O)(=O)c1cn[nH]c1-c1ncc(/C=C(\Cl)C(F)(F)F)n1C. The Bertz CT molecular complexity index is 852. The van der Waals surface area contributed by atoms with Crippen molar-refractivity contribution in [3.8, 4) is 11.5 Å². The number of allylic oxidation sites excluding steroid dienone is 1. The number of nitrogens with one attached hydrogen (secondary N) is 1. The molecule has 0 saturated carbocycles. The number of aromatic nitrogens is 4. The third-order valence-corrected chi connectivity index (χ3v) is 5.18. The zero-order chi connectivity index (χ0) is 17.4. The molecule has 2 rings (SSSR count). The number of rotatable bonds is 4. The number of hydrogen-bond donors (Lipinski definition) is 1. The second-order valence-electron chi connectivity index (χ2n) is 4.57. The first-order valence-corrected chi connectivity index (χ1v) is 8.33. The molecule has 0 saturated heterocycles. The molecule has 0 aliphatic carbocycles. The van der Waals surface area contributed by atoms with Gasteiger partial charge in [0, 0.05) is 7.05 Å². The lowest BCUT2D eigenvalue weighted by Gasteiger charge is -2.06. The topological polar surface area (TPSA) is 80.6 Å². The van der Waals surface area contributed by atoms with Gasteiger partial charge in [-0.1, -0.05) is 18.5 Å². The monoisotopic (exact) mass is 368 g/mol. The summed E-state index contributed by atoms with van der Waals surface area (Å²) in [7, 11) is -2.11. The van der Waals surface area contributed by atoms with E-state index in [1.165, 1.54) is 18.5 Å². The van der Waals surface area contributed by atoms with Gasteiger partial charge in [-0.2, -0.15) is 18.3 Å². The molecule has 0 aliphatic rings. The van der Waals surface area contributed by atoms with Crippen LogP contribution in [-0.4, -0.2) is 40.1 Å². The minimum atomic E-state index is -4.67. The van der Waals surface area contributed by atoms with Crippen molar-refractivity contribution in [2.45, 2.75) is 18.0 Å². The van der Waals surface area contributed by atoms with Crippen LogP contribution < -0.4 is 0 Å². The van der Waals surface area contributed by atoms with Crippen LogP contribution in [0.15, 0.2) is 22.3 Å². The molecule has 0 fully saturated rings. The highest BCUT2D eigenvalue weighted by atomic mass is 35.5. The minimum absolute atomic E-state index is 0.0638. The molecule has 0 aromatic carbocycles. The van der Waals surface area contributed by atoms with Crippen LogP contribution in [0.25, 0.3) is 17.6 Å². The van der Waals surface area contributed by atoms with E-state index in [2.05, 4.69) is 15.2 Å². The van der Waals surface area contributed by atoms with Crippen LogP contribution in [0.5, 0.6) is 0 Å². The molecule has 0 amide bonds. The van der Waals surface area contributed by atoms with E-state index in [1.54, 1.807) is 0 Å². The van der Waals surface area contributed by atoms with E-state index >= 15 is 0 Å². The Morgan fingerprint density at radius 2 is 2.09 bits per heavy atom. The van der Waals surface area contributed by atoms with Crippen molar-refractivity contribution in [2.24, 2.45) is 7.05 Å². The number of H-pyrrole nitrogens is 1. The Morgan fingerprint density at radius 3 is 2.65 bits per heavy atom. The summed E-state index contributed by atoms with van der Waals surface area (Å²) in [6, 6.07) is 0. The number of imidazole rings is 1. The maximum atomic E-state index is 12.5. The summed E-state index contributed by atoms with van der Waals surface area (Å²) >= 11 is 5.20. The zero-order valence-electron chi connectivity index (χ0n) is 12.0. The Labute approximate surface area is 134 Å². The summed E-state index contributed by atoms with van der Waals surface area (Å²) in [6.45, 7) is 1.47. The molecular formula is C12H12ClF3N4O2S. The average molecular weight is 369 g/mol. The molecule has 126 valence electrons. The molecule has 11 heteroatoms. The lowest BCUT2D eigenvalue weighted by atomic mass is 10.3. The van der Waals surface area contributed by atoms with Gasteiger partial charge in [-0.05, 0) is 6.08 Å². The van der Waals surface area contributed by atoms with Crippen LogP contribution in [0, 0.1) is 0 Å². The second kappa shape index (κ2) is 6.00. The van der Waals surface area contributed by atoms with Gasteiger partial charge in [0.2, 0.25) is 0 Å². The summed E-state index contributed by atoms with van der Waals surface area (Å²) in [4.78, 5) is 3.89. The van der Waals surface area contributed by atoms with Gasteiger partial charge in [-0.3, -0.25) is 5.10 Å². The van der Waals surface area contributed by atoms with Crippen molar-refractivity contribution in [1.82, 2.24) is 19.7 Å². The predicted octanol–water partition coefficient (Wildman–Crippen LogP) is 2.75. The van der Waals surface area contributed by atoms with Crippen molar-refractivity contribution < 1.29 is 21.6 Å². The largest absolute Gasteiger partial charge is 0.427 e. The van der Waals surface area contributed by atoms with E-state index < -0.39 is 21.0 Å². The van der Waals surface area contributed by atoms with E-state index in [0.717, 1.165) is 12.4 Å². The molecule has 0 radical (unpaired) electrons. The molecule has 2 heterocycles. The first kappa shape index (κ1) is 17.5. The van der Waals surface area contributed by atoms with Gasteiger partial charge >= 0.3 is 6.18 Å². The van der Waals surface area contributed by atoms with Crippen LogP contribution in [0.3, 0.4) is 0 Å². The average Bonchev–Trinajstić information content (AvgIpc) is 3.06. The first-order valence-electron chi connectivity index (χ1n) is 6.30. The van der Waals surface area contributed by atoms with Crippen LogP contribution >= 0.6 is 11.6 Å². The molecule has 2 aromatic rings. The van der Waals surface area contributed by atoms with Gasteiger partial charge in [-0.25, -0.2) is 13.4 Å². The predicted molar refractivity (Wildman–Crippen MR) is 78.4 cm³/mol. The van der Waals surface area contributed by atoms with Crippen LogP contribution in [-0.2, 0) is 16.9 Å². The maximum Gasteiger partial charge on any atom is 0.427 e. The van der Waals surface area contributed by atoms with Crippen LogP contribution in [0.1, 0.15) is 12.6 Å². The van der Waals surface area contributed by atoms with E-state index in [4.69, 9.17) is 11.6 Å². The van der Waals surface area contributed by atoms with Gasteiger partial charge < -0.3 is 4.57 Å². The third kappa shape index (κ3) is 3.42. The molecule has 6 nitrogen and oxygen atoms in total. The van der Waals surface area contributed by atoms with Crippen LogP contribution in [0.4, 0.5) is 13.2 Å². The number of hydrogen-bond acceptors (Lipinski definition) is 4. The molecule has 1 N–H and O–H groups in total. The smallest absolute Gasteiger partial charge is 0.326 e. The molecule has 0 spiro atoms. The quantitative estimate of drug-likeness (QED) is 0.899. The molecule has 23 heavy (non-hydrogen) atoms. The first-order chi connectivity index (χ1) is 10.6. The molecule has 0 bridgehead atoms. The second-order valence-corrected chi connectivity index (χ2v) is 7.22. The maximum absolute atomic E-state index is 12.5. The van der Waals surface area contributed by atoms with E-state index in [0.29, 0.717) is 6.08 Å². The van der Waals surface area contributed by atoms with Crippen molar-refractivity contribution in [3.63, 3.8) is 0 Å². The minimum Gasteiger partial charge on any atom is -0.326 e. The Kier molecular flexibility index (Phi) is 4.58. The molecular weight excluding hydrogens is 357 g/mol. The lowest BCUT2D eigenvalue weighted by Crippen LogP contribution is -2.08. The van der Waals surface area contributed by atoms with E-state index in [-0.39, 0.29) is 27.9 Å². The fraction of sp³-hybridized carbons (Fsp3) is 0.333. The van der Waals surface area contributed by atoms with Crippen LogP contribution in [0.2, 0.25) is 0 Å². The zero-order valence-corrected chi connectivity index (χ0v) is 13.6. The number of alkyl halides is 3. The van der Waals surface area contributed by atoms with Gasteiger partial charge in [-0.15, -0.1) is 0 Å². The highest BCUT2D eigenvalue weighted by molar-refractivity contribution is 7.91. The Hall–Kier alpha value is -1.81. The summed E-state index contributed by atoms with van der Waals surface area (Å²) in [6.07, 6.45) is -1.66. The lowest BCUT2D eigenvalue weighted by molar-refractivity contribution is -0.0836.